The normalized spacial score (nSPS) is 19.9. The zero-order chi connectivity index (χ0) is 14.1. The molecule has 1 saturated heterocycles. The summed E-state index contributed by atoms with van der Waals surface area (Å²) in [4.78, 5) is 14.4. The maximum atomic E-state index is 12.2. The molecule has 0 aromatic heterocycles. The Balaban J connectivity index is 2.20. The van der Waals surface area contributed by atoms with E-state index in [4.69, 9.17) is 0 Å². The van der Waals surface area contributed by atoms with Gasteiger partial charge in [-0.2, -0.15) is 0 Å². The summed E-state index contributed by atoms with van der Waals surface area (Å²) in [5.74, 6) is 0.185. The molecule has 0 aromatic carbocycles. The molecule has 0 aliphatic carbocycles. The Bertz CT molecular complexity index is 252. The van der Waals surface area contributed by atoms with Gasteiger partial charge in [-0.1, -0.05) is 32.6 Å². The summed E-state index contributed by atoms with van der Waals surface area (Å²) in [6, 6.07) is 0.301. The molecule has 1 heterocycles. The Morgan fingerprint density at radius 2 is 1.89 bits per heavy atom. The van der Waals surface area contributed by atoms with Gasteiger partial charge in [-0.15, -0.1) is 0 Å². The highest BCUT2D eigenvalue weighted by molar-refractivity contribution is 5.81. The molecular weight excluding hydrogens is 238 g/mol. The first-order valence-corrected chi connectivity index (χ1v) is 7.90. The smallest absolute Gasteiger partial charge is 0.237 e. The lowest BCUT2D eigenvalue weighted by Crippen LogP contribution is -2.53. The largest absolute Gasteiger partial charge is 0.352 e. The van der Waals surface area contributed by atoms with Crippen LogP contribution in [0, 0.1) is 0 Å². The average molecular weight is 269 g/mol. The number of hydrogen-bond donors (Lipinski definition) is 2. The molecule has 1 amide bonds. The summed E-state index contributed by atoms with van der Waals surface area (Å²) < 4.78 is 0. The summed E-state index contributed by atoms with van der Waals surface area (Å²) in [6.45, 7) is 10.3. The van der Waals surface area contributed by atoms with Crippen LogP contribution in [0.4, 0.5) is 0 Å². The Hall–Kier alpha value is -0.610. The first-order chi connectivity index (χ1) is 9.15. The molecule has 2 N–H and O–H groups in total. The molecule has 1 aliphatic heterocycles. The number of amides is 1. The third kappa shape index (κ3) is 6.39. The standard InChI is InChI=1S/C15H31N3O/c1-4-5-6-7-8-13(2)17-15(19)14(3)18-11-9-16-10-12-18/h13-14,16H,4-12H2,1-3H3,(H,17,19). The number of nitrogens with zero attached hydrogens (tertiary/aromatic N) is 1. The van der Waals surface area contributed by atoms with Gasteiger partial charge in [-0.25, -0.2) is 0 Å². The van der Waals surface area contributed by atoms with E-state index in [1.807, 2.05) is 6.92 Å². The van der Waals surface area contributed by atoms with Gasteiger partial charge < -0.3 is 10.6 Å². The van der Waals surface area contributed by atoms with Crippen LogP contribution in [0.3, 0.4) is 0 Å². The van der Waals surface area contributed by atoms with Gasteiger partial charge in [-0.3, -0.25) is 9.69 Å². The molecule has 0 bridgehead atoms. The number of hydrogen-bond acceptors (Lipinski definition) is 3. The predicted molar refractivity (Wildman–Crippen MR) is 80.3 cm³/mol. The minimum atomic E-state index is 0.000178. The molecule has 0 saturated carbocycles. The summed E-state index contributed by atoms with van der Waals surface area (Å²) >= 11 is 0. The van der Waals surface area contributed by atoms with Gasteiger partial charge in [0.25, 0.3) is 0 Å². The summed E-state index contributed by atoms with van der Waals surface area (Å²) in [5, 5.41) is 6.47. The van der Waals surface area contributed by atoms with E-state index >= 15 is 0 Å². The predicted octanol–water partition coefficient (Wildman–Crippen LogP) is 1.76. The third-order valence-electron chi connectivity index (χ3n) is 3.96. The van der Waals surface area contributed by atoms with Crippen LogP contribution in [0.1, 0.15) is 52.9 Å². The highest BCUT2D eigenvalue weighted by Crippen LogP contribution is 2.07. The van der Waals surface area contributed by atoms with Gasteiger partial charge in [0.2, 0.25) is 5.91 Å². The molecule has 0 radical (unpaired) electrons. The van der Waals surface area contributed by atoms with Crippen LogP contribution >= 0.6 is 0 Å². The van der Waals surface area contributed by atoms with Gasteiger partial charge in [0.1, 0.15) is 0 Å². The number of carbonyl (C=O) groups is 1. The lowest BCUT2D eigenvalue weighted by atomic mass is 10.1. The molecule has 112 valence electrons. The van der Waals surface area contributed by atoms with E-state index in [2.05, 4.69) is 29.4 Å². The van der Waals surface area contributed by atoms with Crippen molar-refractivity contribution >= 4 is 5.91 Å². The number of piperazine rings is 1. The van der Waals surface area contributed by atoms with E-state index < -0.39 is 0 Å². The van der Waals surface area contributed by atoms with Crippen molar-refractivity contribution < 1.29 is 4.79 Å². The second kappa shape index (κ2) is 9.32. The Kier molecular flexibility index (Phi) is 8.07. The molecule has 0 spiro atoms. The van der Waals surface area contributed by atoms with Crippen molar-refractivity contribution in [3.63, 3.8) is 0 Å². The minimum Gasteiger partial charge on any atom is -0.352 e. The fourth-order valence-electron chi connectivity index (χ4n) is 2.55. The van der Waals surface area contributed by atoms with Crippen molar-refractivity contribution in [1.29, 1.82) is 0 Å². The number of nitrogens with one attached hydrogen (secondary N) is 2. The number of carbonyl (C=O) groups excluding carboxylic acids is 1. The molecule has 1 aliphatic rings. The zero-order valence-electron chi connectivity index (χ0n) is 12.9. The van der Waals surface area contributed by atoms with Gasteiger partial charge >= 0.3 is 0 Å². The Morgan fingerprint density at radius 3 is 2.53 bits per heavy atom. The second-order valence-corrected chi connectivity index (χ2v) is 5.72. The van der Waals surface area contributed by atoms with E-state index in [-0.39, 0.29) is 11.9 Å². The highest BCUT2D eigenvalue weighted by Gasteiger charge is 2.23. The van der Waals surface area contributed by atoms with Crippen molar-refractivity contribution in [2.75, 3.05) is 26.2 Å². The number of rotatable bonds is 8. The molecule has 1 rings (SSSR count). The zero-order valence-corrected chi connectivity index (χ0v) is 12.9. The Morgan fingerprint density at radius 1 is 1.21 bits per heavy atom. The van der Waals surface area contributed by atoms with Gasteiger partial charge in [0.15, 0.2) is 0 Å². The van der Waals surface area contributed by atoms with E-state index in [1.54, 1.807) is 0 Å². The van der Waals surface area contributed by atoms with Crippen LogP contribution in [-0.4, -0.2) is 49.1 Å². The summed E-state index contributed by atoms with van der Waals surface area (Å²) in [7, 11) is 0. The lowest BCUT2D eigenvalue weighted by Gasteiger charge is -2.32. The second-order valence-electron chi connectivity index (χ2n) is 5.72. The molecule has 1 fully saturated rings. The first kappa shape index (κ1) is 16.4. The fourth-order valence-corrected chi connectivity index (χ4v) is 2.55. The van der Waals surface area contributed by atoms with Gasteiger partial charge in [0, 0.05) is 32.2 Å². The molecule has 4 nitrogen and oxygen atoms in total. The first-order valence-electron chi connectivity index (χ1n) is 7.90. The molecule has 2 unspecified atom stereocenters. The highest BCUT2D eigenvalue weighted by atomic mass is 16.2. The van der Waals surface area contributed by atoms with Crippen LogP contribution in [0.15, 0.2) is 0 Å². The van der Waals surface area contributed by atoms with Crippen LogP contribution in [0.25, 0.3) is 0 Å². The lowest BCUT2D eigenvalue weighted by molar-refractivity contribution is -0.126. The average Bonchev–Trinajstić information content (AvgIpc) is 2.43. The van der Waals surface area contributed by atoms with Crippen molar-refractivity contribution in [1.82, 2.24) is 15.5 Å². The van der Waals surface area contributed by atoms with Crippen LogP contribution in [0.5, 0.6) is 0 Å². The minimum absolute atomic E-state index is 0.000178. The molecular formula is C15H31N3O. The SMILES string of the molecule is CCCCCCC(C)NC(=O)C(C)N1CCNCC1. The maximum absolute atomic E-state index is 12.2. The maximum Gasteiger partial charge on any atom is 0.237 e. The summed E-state index contributed by atoms with van der Waals surface area (Å²) in [6.07, 6.45) is 6.17. The van der Waals surface area contributed by atoms with Crippen LogP contribution in [-0.2, 0) is 4.79 Å². The topological polar surface area (TPSA) is 44.4 Å². The van der Waals surface area contributed by atoms with Crippen molar-refractivity contribution in [3.8, 4) is 0 Å². The molecule has 4 heteroatoms. The molecule has 0 aromatic rings. The molecule has 19 heavy (non-hydrogen) atoms. The number of unbranched alkanes of at least 4 members (excludes halogenated alkanes) is 3. The van der Waals surface area contributed by atoms with Crippen molar-refractivity contribution in [2.24, 2.45) is 0 Å². The van der Waals surface area contributed by atoms with E-state index in [9.17, 15) is 4.79 Å². The monoisotopic (exact) mass is 269 g/mol. The van der Waals surface area contributed by atoms with Crippen molar-refractivity contribution in [2.45, 2.75) is 65.0 Å². The van der Waals surface area contributed by atoms with E-state index in [0.29, 0.717) is 6.04 Å². The Labute approximate surface area is 118 Å². The van der Waals surface area contributed by atoms with Gasteiger partial charge in [-0.05, 0) is 20.3 Å². The van der Waals surface area contributed by atoms with Gasteiger partial charge in [0.05, 0.1) is 6.04 Å². The third-order valence-corrected chi connectivity index (χ3v) is 3.96. The van der Waals surface area contributed by atoms with Crippen LogP contribution in [0.2, 0.25) is 0 Å². The van der Waals surface area contributed by atoms with E-state index in [1.165, 1.54) is 25.7 Å². The summed E-state index contributed by atoms with van der Waals surface area (Å²) in [5.41, 5.74) is 0. The van der Waals surface area contributed by atoms with Crippen molar-refractivity contribution in [3.05, 3.63) is 0 Å². The molecule has 2 atom stereocenters. The fraction of sp³-hybridized carbons (Fsp3) is 0.933. The van der Waals surface area contributed by atoms with Crippen LogP contribution < -0.4 is 10.6 Å². The van der Waals surface area contributed by atoms with E-state index in [0.717, 1.165) is 32.6 Å². The quantitative estimate of drug-likeness (QED) is 0.660.